The standard InChI is InChI=1S/C19H16Cl2N2O2S2/c1-25-17-6-5-14(8-16(17)21)22-18(24)9-15-11-27-19(23-15)26-10-12-3-2-4-13(20)7-12/h2-8,11H,9-10H2,1H3,(H,22,24). The predicted molar refractivity (Wildman–Crippen MR) is 113 cm³/mol. The second-order valence-electron chi connectivity index (χ2n) is 5.60. The molecule has 1 N–H and O–H groups in total. The molecule has 1 aromatic heterocycles. The van der Waals surface area contributed by atoms with Crippen LogP contribution in [0, 0.1) is 0 Å². The Labute approximate surface area is 175 Å². The van der Waals surface area contributed by atoms with Crippen LogP contribution in [-0.2, 0) is 17.0 Å². The molecular weight excluding hydrogens is 423 g/mol. The maximum atomic E-state index is 12.2. The van der Waals surface area contributed by atoms with Crippen LogP contribution in [0.25, 0.3) is 0 Å². The maximum Gasteiger partial charge on any atom is 0.230 e. The number of ether oxygens (including phenoxy) is 1. The van der Waals surface area contributed by atoms with Crippen LogP contribution >= 0.6 is 46.3 Å². The Morgan fingerprint density at radius 1 is 1.26 bits per heavy atom. The van der Waals surface area contributed by atoms with Gasteiger partial charge in [0.15, 0.2) is 0 Å². The van der Waals surface area contributed by atoms with Crippen molar-refractivity contribution in [2.24, 2.45) is 0 Å². The van der Waals surface area contributed by atoms with Crippen molar-refractivity contribution in [3.05, 3.63) is 69.1 Å². The molecule has 0 spiro atoms. The highest BCUT2D eigenvalue weighted by molar-refractivity contribution is 8.00. The van der Waals surface area contributed by atoms with Crippen molar-refractivity contribution in [2.75, 3.05) is 12.4 Å². The first-order valence-corrected chi connectivity index (χ1v) is 10.6. The predicted octanol–water partition coefficient (Wildman–Crippen LogP) is 5.93. The van der Waals surface area contributed by atoms with E-state index in [9.17, 15) is 4.79 Å². The third kappa shape index (κ3) is 5.87. The Hall–Kier alpha value is -1.73. The summed E-state index contributed by atoms with van der Waals surface area (Å²) in [6.45, 7) is 0. The average Bonchev–Trinajstić information content (AvgIpc) is 3.07. The molecule has 0 unspecified atom stereocenters. The Bertz CT molecular complexity index is 947. The van der Waals surface area contributed by atoms with Crippen molar-refractivity contribution in [3.63, 3.8) is 0 Å². The van der Waals surface area contributed by atoms with Gasteiger partial charge in [0.2, 0.25) is 5.91 Å². The van der Waals surface area contributed by atoms with Gasteiger partial charge in [0.1, 0.15) is 10.1 Å². The molecule has 0 radical (unpaired) electrons. The molecule has 1 heterocycles. The number of aromatic nitrogens is 1. The average molecular weight is 439 g/mol. The van der Waals surface area contributed by atoms with Gasteiger partial charge >= 0.3 is 0 Å². The first kappa shape index (κ1) is 20.0. The monoisotopic (exact) mass is 438 g/mol. The molecule has 0 aliphatic carbocycles. The van der Waals surface area contributed by atoms with Gasteiger partial charge in [-0.25, -0.2) is 4.98 Å². The smallest absolute Gasteiger partial charge is 0.230 e. The SMILES string of the molecule is COc1ccc(NC(=O)Cc2csc(SCc3cccc(Cl)c3)n2)cc1Cl. The van der Waals surface area contributed by atoms with Crippen LogP contribution in [0.4, 0.5) is 5.69 Å². The zero-order valence-electron chi connectivity index (χ0n) is 14.4. The molecule has 0 saturated heterocycles. The molecule has 0 fully saturated rings. The Balaban J connectivity index is 1.54. The number of thiazole rings is 1. The number of anilines is 1. The first-order valence-electron chi connectivity index (χ1n) is 7.98. The number of methoxy groups -OCH3 is 1. The Morgan fingerprint density at radius 2 is 2.11 bits per heavy atom. The first-order chi connectivity index (χ1) is 13.0. The van der Waals surface area contributed by atoms with E-state index in [0.717, 1.165) is 26.4 Å². The van der Waals surface area contributed by atoms with Crippen LogP contribution in [0.3, 0.4) is 0 Å². The van der Waals surface area contributed by atoms with Crippen LogP contribution in [0.2, 0.25) is 10.0 Å². The fraction of sp³-hybridized carbons (Fsp3) is 0.158. The van der Waals surface area contributed by atoms with E-state index in [1.807, 2.05) is 29.6 Å². The van der Waals surface area contributed by atoms with Crippen molar-refractivity contribution in [1.29, 1.82) is 0 Å². The van der Waals surface area contributed by atoms with E-state index in [2.05, 4.69) is 10.3 Å². The summed E-state index contributed by atoms with van der Waals surface area (Å²) in [7, 11) is 1.55. The van der Waals surface area contributed by atoms with E-state index in [4.69, 9.17) is 27.9 Å². The summed E-state index contributed by atoms with van der Waals surface area (Å²) in [5.41, 5.74) is 2.50. The minimum absolute atomic E-state index is 0.145. The molecule has 0 atom stereocenters. The van der Waals surface area contributed by atoms with Crippen molar-refractivity contribution in [2.45, 2.75) is 16.5 Å². The van der Waals surface area contributed by atoms with E-state index in [1.54, 1.807) is 37.1 Å². The van der Waals surface area contributed by atoms with Gasteiger partial charge in [-0.05, 0) is 35.9 Å². The summed E-state index contributed by atoms with van der Waals surface area (Å²) in [6.07, 6.45) is 0.206. The summed E-state index contributed by atoms with van der Waals surface area (Å²) < 4.78 is 6.02. The zero-order valence-corrected chi connectivity index (χ0v) is 17.5. The topological polar surface area (TPSA) is 51.2 Å². The van der Waals surface area contributed by atoms with E-state index in [-0.39, 0.29) is 12.3 Å². The molecule has 4 nitrogen and oxygen atoms in total. The summed E-state index contributed by atoms with van der Waals surface area (Å²) >= 11 is 15.2. The lowest BCUT2D eigenvalue weighted by Crippen LogP contribution is -2.14. The number of thioether (sulfide) groups is 1. The van der Waals surface area contributed by atoms with Crippen molar-refractivity contribution < 1.29 is 9.53 Å². The highest BCUT2D eigenvalue weighted by atomic mass is 35.5. The number of nitrogens with zero attached hydrogens (tertiary/aromatic N) is 1. The molecule has 27 heavy (non-hydrogen) atoms. The van der Waals surface area contributed by atoms with E-state index >= 15 is 0 Å². The van der Waals surface area contributed by atoms with Crippen LogP contribution < -0.4 is 10.1 Å². The van der Waals surface area contributed by atoms with Gasteiger partial charge in [0.25, 0.3) is 0 Å². The number of rotatable bonds is 7. The van der Waals surface area contributed by atoms with E-state index < -0.39 is 0 Å². The number of amides is 1. The van der Waals surface area contributed by atoms with Gasteiger partial charge in [-0.2, -0.15) is 0 Å². The zero-order chi connectivity index (χ0) is 19.2. The van der Waals surface area contributed by atoms with Gasteiger partial charge < -0.3 is 10.1 Å². The molecule has 1 amide bonds. The number of hydrogen-bond donors (Lipinski definition) is 1. The molecule has 140 valence electrons. The molecule has 2 aromatic carbocycles. The maximum absolute atomic E-state index is 12.2. The number of halogens is 2. The highest BCUT2D eigenvalue weighted by Gasteiger charge is 2.10. The van der Waals surface area contributed by atoms with Crippen molar-refractivity contribution in [3.8, 4) is 5.75 Å². The van der Waals surface area contributed by atoms with Gasteiger partial charge in [0, 0.05) is 21.8 Å². The lowest BCUT2D eigenvalue weighted by atomic mass is 10.2. The largest absolute Gasteiger partial charge is 0.495 e. The number of hydrogen-bond acceptors (Lipinski definition) is 5. The molecular formula is C19H16Cl2N2O2S2. The summed E-state index contributed by atoms with van der Waals surface area (Å²) in [5, 5.41) is 5.90. The summed E-state index contributed by atoms with van der Waals surface area (Å²) in [6, 6.07) is 12.9. The molecule has 0 aliphatic rings. The molecule has 0 saturated carbocycles. The highest BCUT2D eigenvalue weighted by Crippen LogP contribution is 2.28. The molecule has 3 rings (SSSR count). The normalized spacial score (nSPS) is 10.6. The molecule has 3 aromatic rings. The number of nitrogens with one attached hydrogen (secondary N) is 1. The van der Waals surface area contributed by atoms with Crippen LogP contribution in [0.5, 0.6) is 5.75 Å². The number of carbonyl (C=O) groups excluding carboxylic acids is 1. The van der Waals surface area contributed by atoms with Crippen LogP contribution in [0.1, 0.15) is 11.3 Å². The summed E-state index contributed by atoms with van der Waals surface area (Å²) in [4.78, 5) is 16.7. The molecule has 0 aliphatic heterocycles. The van der Waals surface area contributed by atoms with Gasteiger partial charge in [0.05, 0.1) is 24.2 Å². The Morgan fingerprint density at radius 3 is 2.85 bits per heavy atom. The van der Waals surface area contributed by atoms with Gasteiger partial charge in [-0.3, -0.25) is 4.79 Å². The second kappa shape index (κ2) is 9.46. The lowest BCUT2D eigenvalue weighted by molar-refractivity contribution is -0.115. The van der Waals surface area contributed by atoms with Crippen molar-refractivity contribution >= 4 is 57.9 Å². The molecule has 8 heteroatoms. The van der Waals surface area contributed by atoms with E-state index in [0.29, 0.717) is 16.5 Å². The van der Waals surface area contributed by atoms with Crippen molar-refractivity contribution in [1.82, 2.24) is 4.98 Å². The second-order valence-corrected chi connectivity index (χ2v) is 8.52. The quantitative estimate of drug-likeness (QED) is 0.464. The van der Waals surface area contributed by atoms with Gasteiger partial charge in [-0.1, -0.05) is 47.1 Å². The molecule has 0 bridgehead atoms. The van der Waals surface area contributed by atoms with Crippen LogP contribution in [-0.4, -0.2) is 18.0 Å². The van der Waals surface area contributed by atoms with E-state index in [1.165, 1.54) is 11.3 Å². The van der Waals surface area contributed by atoms with Crippen LogP contribution in [0.15, 0.2) is 52.2 Å². The number of benzene rings is 2. The third-order valence-electron chi connectivity index (χ3n) is 3.56. The summed E-state index contributed by atoms with van der Waals surface area (Å²) in [5.74, 6) is 1.20. The Kier molecular flexibility index (Phi) is 7.01. The fourth-order valence-corrected chi connectivity index (χ4v) is 4.58. The van der Waals surface area contributed by atoms with Gasteiger partial charge in [-0.15, -0.1) is 11.3 Å². The fourth-order valence-electron chi connectivity index (χ4n) is 2.32. The number of carbonyl (C=O) groups is 1. The minimum Gasteiger partial charge on any atom is -0.495 e. The minimum atomic E-state index is -0.145. The third-order valence-corrected chi connectivity index (χ3v) is 6.23. The lowest BCUT2D eigenvalue weighted by Gasteiger charge is -2.07.